The van der Waals surface area contributed by atoms with Crippen LogP contribution in [0.25, 0.3) is 6.08 Å². The molecule has 1 aliphatic rings. The van der Waals surface area contributed by atoms with Gasteiger partial charge < -0.3 is 10.2 Å². The van der Waals surface area contributed by atoms with Gasteiger partial charge in [-0.05, 0) is 57.1 Å². The van der Waals surface area contributed by atoms with Crippen molar-refractivity contribution in [2.75, 3.05) is 31.1 Å². The van der Waals surface area contributed by atoms with Gasteiger partial charge in [-0.2, -0.15) is 0 Å². The normalized spacial score (nSPS) is 15.0. The lowest BCUT2D eigenvalue weighted by Gasteiger charge is -2.19. The van der Waals surface area contributed by atoms with E-state index in [0.29, 0.717) is 17.4 Å². The Kier molecular flexibility index (Phi) is 8.73. The summed E-state index contributed by atoms with van der Waals surface area (Å²) in [4.78, 5) is 32.3. The second kappa shape index (κ2) is 11.7. The van der Waals surface area contributed by atoms with Gasteiger partial charge in [0, 0.05) is 24.9 Å². The number of rotatable bonds is 8. The van der Waals surface area contributed by atoms with E-state index in [1.165, 1.54) is 67.1 Å². The summed E-state index contributed by atoms with van der Waals surface area (Å²) in [7, 11) is 0. The first-order chi connectivity index (χ1) is 15.0. The second-order valence-corrected chi connectivity index (χ2v) is 8.43. The smallest absolute Gasteiger partial charge is 0.244 e. The van der Waals surface area contributed by atoms with Gasteiger partial charge in [0.15, 0.2) is 5.13 Å². The molecule has 0 aliphatic carbocycles. The van der Waals surface area contributed by atoms with Crippen molar-refractivity contribution in [3.63, 3.8) is 0 Å². The highest BCUT2D eigenvalue weighted by Gasteiger charge is 2.20. The van der Waals surface area contributed by atoms with E-state index in [0.717, 1.165) is 26.1 Å². The van der Waals surface area contributed by atoms with Crippen LogP contribution in [0.5, 0.6) is 0 Å². The number of halogens is 1. The standard InChI is InChI=1S/C23H29FN4O2S/c1-18(29)28(21-10-5-4-9-20(21)24)23-26-19(17-31-23)11-12-22(30)25-13-8-16-27-14-6-2-3-7-15-27/h4-5,9-12,17H,2-3,6-8,13-16H2,1H3,(H,25,30)/b12-11+. The third-order valence-corrected chi connectivity index (χ3v) is 6.01. The minimum absolute atomic E-state index is 0.155. The molecule has 2 heterocycles. The van der Waals surface area contributed by atoms with Gasteiger partial charge in [-0.3, -0.25) is 14.5 Å². The number of carbonyl (C=O) groups excluding carboxylic acids is 2. The van der Waals surface area contributed by atoms with Crippen LogP contribution in [-0.2, 0) is 9.59 Å². The molecule has 0 radical (unpaired) electrons. The Hall–Kier alpha value is -2.58. The Morgan fingerprint density at radius 3 is 2.68 bits per heavy atom. The van der Waals surface area contributed by atoms with Gasteiger partial charge >= 0.3 is 0 Å². The molecular formula is C23H29FN4O2S. The maximum Gasteiger partial charge on any atom is 0.244 e. The maximum atomic E-state index is 14.1. The van der Waals surface area contributed by atoms with Crippen LogP contribution in [0.1, 0.15) is 44.7 Å². The molecule has 2 aromatic rings. The summed E-state index contributed by atoms with van der Waals surface area (Å²) in [5.41, 5.74) is 0.698. The molecule has 1 fully saturated rings. The molecule has 0 saturated carbocycles. The van der Waals surface area contributed by atoms with E-state index in [9.17, 15) is 14.0 Å². The number of nitrogens with zero attached hydrogens (tertiary/aromatic N) is 3. The summed E-state index contributed by atoms with van der Waals surface area (Å²) >= 11 is 1.22. The van der Waals surface area contributed by atoms with Crippen molar-refractivity contribution < 1.29 is 14.0 Å². The van der Waals surface area contributed by atoms with Gasteiger partial charge in [0.05, 0.1) is 11.4 Å². The largest absolute Gasteiger partial charge is 0.353 e. The van der Waals surface area contributed by atoms with Gasteiger partial charge in [-0.15, -0.1) is 11.3 Å². The van der Waals surface area contributed by atoms with Gasteiger partial charge in [0.2, 0.25) is 11.8 Å². The highest BCUT2D eigenvalue weighted by molar-refractivity contribution is 7.14. The summed E-state index contributed by atoms with van der Waals surface area (Å²) in [5.74, 6) is -1.01. The zero-order chi connectivity index (χ0) is 22.1. The molecule has 3 rings (SSSR count). The first kappa shape index (κ1) is 23.1. The van der Waals surface area contributed by atoms with Gasteiger partial charge in [-0.1, -0.05) is 25.0 Å². The van der Waals surface area contributed by atoms with E-state index in [-0.39, 0.29) is 17.5 Å². The van der Waals surface area contributed by atoms with Crippen molar-refractivity contribution in [2.45, 2.75) is 39.0 Å². The average Bonchev–Trinajstić information content (AvgIpc) is 3.05. The summed E-state index contributed by atoms with van der Waals surface area (Å²) in [6, 6.07) is 6.07. The van der Waals surface area contributed by atoms with Crippen LogP contribution in [0.4, 0.5) is 15.2 Å². The second-order valence-electron chi connectivity index (χ2n) is 7.59. The number of aromatic nitrogens is 1. The van der Waals surface area contributed by atoms with E-state index in [1.54, 1.807) is 23.6 Å². The van der Waals surface area contributed by atoms with Crippen LogP contribution >= 0.6 is 11.3 Å². The SMILES string of the molecule is CC(=O)N(c1nc(/C=C/C(=O)NCCCN2CCCCCC2)cs1)c1ccccc1F. The first-order valence-electron chi connectivity index (χ1n) is 10.7. The number of likely N-dealkylation sites (tertiary alicyclic amines) is 1. The molecule has 8 heteroatoms. The molecule has 1 aromatic carbocycles. The Balaban J connectivity index is 1.50. The Morgan fingerprint density at radius 2 is 1.97 bits per heavy atom. The zero-order valence-corrected chi connectivity index (χ0v) is 18.7. The van der Waals surface area contributed by atoms with Crippen LogP contribution < -0.4 is 10.2 Å². The molecule has 0 spiro atoms. The van der Waals surface area contributed by atoms with E-state index in [2.05, 4.69) is 15.2 Å². The molecule has 0 unspecified atom stereocenters. The minimum atomic E-state index is -0.496. The molecule has 1 aliphatic heterocycles. The fourth-order valence-electron chi connectivity index (χ4n) is 3.59. The molecule has 1 N–H and O–H groups in total. The molecule has 0 atom stereocenters. The highest BCUT2D eigenvalue weighted by Crippen LogP contribution is 2.30. The topological polar surface area (TPSA) is 65.5 Å². The molecule has 6 nitrogen and oxygen atoms in total. The predicted molar refractivity (Wildman–Crippen MR) is 123 cm³/mol. The van der Waals surface area contributed by atoms with Crippen LogP contribution in [0.2, 0.25) is 0 Å². The van der Waals surface area contributed by atoms with Crippen molar-refractivity contribution >= 4 is 40.0 Å². The molecular weight excluding hydrogens is 415 g/mol. The van der Waals surface area contributed by atoms with Gasteiger partial charge in [0.25, 0.3) is 0 Å². The lowest BCUT2D eigenvalue weighted by molar-refractivity contribution is -0.117. The number of thiazole rings is 1. The fraction of sp³-hybridized carbons (Fsp3) is 0.435. The number of para-hydroxylation sites is 1. The summed E-state index contributed by atoms with van der Waals surface area (Å²) in [6.45, 7) is 5.32. The maximum absolute atomic E-state index is 14.1. The number of anilines is 2. The van der Waals surface area contributed by atoms with Crippen LogP contribution in [0.15, 0.2) is 35.7 Å². The molecule has 1 aromatic heterocycles. The Labute approximate surface area is 186 Å². The van der Waals surface area contributed by atoms with Crippen molar-refractivity contribution in [3.8, 4) is 0 Å². The molecule has 31 heavy (non-hydrogen) atoms. The summed E-state index contributed by atoms with van der Waals surface area (Å²) < 4.78 is 14.1. The quantitative estimate of drug-likeness (QED) is 0.485. The van der Waals surface area contributed by atoms with Crippen LogP contribution in [-0.4, -0.2) is 47.9 Å². The minimum Gasteiger partial charge on any atom is -0.353 e. The number of hydrogen-bond acceptors (Lipinski definition) is 5. The van der Waals surface area contributed by atoms with Gasteiger partial charge in [-0.25, -0.2) is 9.37 Å². The van der Waals surface area contributed by atoms with Crippen molar-refractivity contribution in [1.82, 2.24) is 15.2 Å². The molecule has 166 valence electrons. The molecule has 2 amide bonds. The van der Waals surface area contributed by atoms with Crippen LogP contribution in [0, 0.1) is 5.82 Å². The number of carbonyl (C=O) groups is 2. The predicted octanol–water partition coefficient (Wildman–Crippen LogP) is 4.36. The molecule has 0 bridgehead atoms. The third kappa shape index (κ3) is 6.97. The van der Waals surface area contributed by atoms with Crippen LogP contribution in [0.3, 0.4) is 0 Å². The summed E-state index contributed by atoms with van der Waals surface area (Å²) in [6.07, 6.45) is 9.14. The molecule has 1 saturated heterocycles. The zero-order valence-electron chi connectivity index (χ0n) is 17.8. The van der Waals surface area contributed by atoms with E-state index in [4.69, 9.17) is 0 Å². The van der Waals surface area contributed by atoms with Crippen molar-refractivity contribution in [1.29, 1.82) is 0 Å². The number of hydrogen-bond donors (Lipinski definition) is 1. The van der Waals surface area contributed by atoms with Crippen molar-refractivity contribution in [2.24, 2.45) is 0 Å². The number of benzene rings is 1. The van der Waals surface area contributed by atoms with Gasteiger partial charge in [0.1, 0.15) is 5.82 Å². The Morgan fingerprint density at radius 1 is 1.23 bits per heavy atom. The number of amides is 2. The average molecular weight is 445 g/mol. The summed E-state index contributed by atoms with van der Waals surface area (Å²) in [5, 5.41) is 4.99. The third-order valence-electron chi connectivity index (χ3n) is 5.16. The lowest BCUT2D eigenvalue weighted by Crippen LogP contribution is -2.30. The monoisotopic (exact) mass is 444 g/mol. The Bertz CT molecular complexity index is 906. The van der Waals surface area contributed by atoms with Crippen molar-refractivity contribution in [3.05, 3.63) is 47.2 Å². The van der Waals surface area contributed by atoms with E-state index in [1.807, 2.05) is 0 Å². The highest BCUT2D eigenvalue weighted by atomic mass is 32.1. The number of nitrogens with one attached hydrogen (secondary N) is 1. The lowest BCUT2D eigenvalue weighted by atomic mass is 10.2. The first-order valence-corrected chi connectivity index (χ1v) is 11.6. The van der Waals surface area contributed by atoms with E-state index < -0.39 is 5.82 Å². The fourth-order valence-corrected chi connectivity index (χ4v) is 4.44. The van der Waals surface area contributed by atoms with E-state index >= 15 is 0 Å².